The number of likely N-dealkylation sites (N-methyl/N-ethyl adjacent to an activating group) is 1. The van der Waals surface area contributed by atoms with Crippen molar-refractivity contribution in [1.29, 1.82) is 0 Å². The fourth-order valence-corrected chi connectivity index (χ4v) is 2.60. The highest BCUT2D eigenvalue weighted by Gasteiger charge is 2.17. The van der Waals surface area contributed by atoms with E-state index in [1.165, 1.54) is 0 Å². The Kier molecular flexibility index (Phi) is 8.60. The predicted molar refractivity (Wildman–Crippen MR) is 103 cm³/mol. The Morgan fingerprint density at radius 3 is 2.07 bits per heavy atom. The lowest BCUT2D eigenvalue weighted by molar-refractivity contribution is -0.903. The Morgan fingerprint density at radius 1 is 0.963 bits per heavy atom. The first-order valence-corrected chi connectivity index (χ1v) is 8.62. The van der Waals surface area contributed by atoms with Crippen molar-refractivity contribution in [2.24, 2.45) is 0 Å². The SMILES string of the molecule is C=C(C)C(=O)OCC[N+](C)(C)Cc1ccc(C(=O)c2ccccc2)cc1.[Br-]. The molecular formula is C22H26BrNO3. The van der Waals surface area contributed by atoms with Gasteiger partial charge in [0.1, 0.15) is 19.7 Å². The van der Waals surface area contributed by atoms with E-state index >= 15 is 0 Å². The van der Waals surface area contributed by atoms with E-state index in [0.717, 1.165) is 12.1 Å². The molecule has 27 heavy (non-hydrogen) atoms. The van der Waals surface area contributed by atoms with Crippen LogP contribution in [-0.2, 0) is 16.1 Å². The molecule has 0 unspecified atom stereocenters. The highest BCUT2D eigenvalue weighted by atomic mass is 79.9. The molecule has 5 heteroatoms. The molecule has 0 aliphatic heterocycles. The second-order valence-electron chi connectivity index (χ2n) is 7.13. The van der Waals surface area contributed by atoms with E-state index < -0.39 is 0 Å². The molecule has 0 saturated carbocycles. The van der Waals surface area contributed by atoms with Crippen molar-refractivity contribution in [3.05, 3.63) is 83.4 Å². The summed E-state index contributed by atoms with van der Waals surface area (Å²) in [5.41, 5.74) is 2.91. The number of benzene rings is 2. The van der Waals surface area contributed by atoms with Crippen molar-refractivity contribution in [3.63, 3.8) is 0 Å². The maximum absolute atomic E-state index is 12.4. The van der Waals surface area contributed by atoms with Gasteiger partial charge in [-0.2, -0.15) is 0 Å². The van der Waals surface area contributed by atoms with Crippen molar-refractivity contribution in [1.82, 2.24) is 0 Å². The number of quaternary nitrogens is 1. The fraction of sp³-hybridized carbons (Fsp3) is 0.273. The molecule has 4 nitrogen and oxygen atoms in total. The topological polar surface area (TPSA) is 43.4 Å². The van der Waals surface area contributed by atoms with Gasteiger partial charge in [-0.05, 0) is 6.92 Å². The third-order valence-electron chi connectivity index (χ3n) is 4.14. The van der Waals surface area contributed by atoms with E-state index in [-0.39, 0.29) is 28.7 Å². The molecule has 2 rings (SSSR count). The van der Waals surface area contributed by atoms with Crippen molar-refractivity contribution in [2.75, 3.05) is 27.2 Å². The highest BCUT2D eigenvalue weighted by Crippen LogP contribution is 2.14. The molecular weight excluding hydrogens is 406 g/mol. The molecule has 2 aromatic carbocycles. The number of rotatable bonds is 8. The summed E-state index contributed by atoms with van der Waals surface area (Å²) in [6, 6.07) is 17.0. The molecule has 0 heterocycles. The molecule has 0 bridgehead atoms. The van der Waals surface area contributed by atoms with Crippen LogP contribution in [0.1, 0.15) is 28.4 Å². The summed E-state index contributed by atoms with van der Waals surface area (Å²) in [7, 11) is 4.16. The van der Waals surface area contributed by atoms with Crippen LogP contribution in [0.4, 0.5) is 0 Å². The molecule has 0 atom stereocenters. The van der Waals surface area contributed by atoms with Gasteiger partial charge in [0.05, 0.1) is 14.1 Å². The van der Waals surface area contributed by atoms with Crippen molar-refractivity contribution < 1.29 is 35.8 Å². The molecule has 0 aromatic heterocycles. The third kappa shape index (κ3) is 7.12. The monoisotopic (exact) mass is 431 g/mol. The predicted octanol–water partition coefficient (Wildman–Crippen LogP) is 0.617. The van der Waals surface area contributed by atoms with Crippen LogP contribution >= 0.6 is 0 Å². The average Bonchev–Trinajstić information content (AvgIpc) is 2.62. The summed E-state index contributed by atoms with van der Waals surface area (Å²) in [5, 5.41) is 0. The van der Waals surface area contributed by atoms with E-state index in [1.54, 1.807) is 6.92 Å². The Balaban J connectivity index is 0.00000364. The summed E-state index contributed by atoms with van der Waals surface area (Å²) in [5.74, 6) is -0.327. The molecule has 0 saturated heterocycles. The first-order valence-electron chi connectivity index (χ1n) is 8.62. The van der Waals surface area contributed by atoms with Crippen molar-refractivity contribution in [2.45, 2.75) is 13.5 Å². The first-order chi connectivity index (χ1) is 12.3. The molecule has 0 radical (unpaired) electrons. The van der Waals surface area contributed by atoms with Crippen LogP contribution in [0.25, 0.3) is 0 Å². The lowest BCUT2D eigenvalue weighted by atomic mass is 10.0. The second kappa shape index (κ2) is 10.2. The lowest BCUT2D eigenvalue weighted by Crippen LogP contribution is -3.00. The van der Waals surface area contributed by atoms with Gasteiger partial charge in [0.15, 0.2) is 5.78 Å². The highest BCUT2D eigenvalue weighted by molar-refractivity contribution is 6.08. The van der Waals surface area contributed by atoms with Crippen LogP contribution in [0.5, 0.6) is 0 Å². The van der Waals surface area contributed by atoms with E-state index in [9.17, 15) is 9.59 Å². The van der Waals surface area contributed by atoms with Crippen LogP contribution in [0.2, 0.25) is 0 Å². The molecule has 0 fully saturated rings. The van der Waals surface area contributed by atoms with Crippen molar-refractivity contribution in [3.8, 4) is 0 Å². The van der Waals surface area contributed by atoms with Gasteiger partial charge < -0.3 is 26.2 Å². The molecule has 0 spiro atoms. The number of esters is 1. The number of hydrogen-bond acceptors (Lipinski definition) is 3. The zero-order valence-corrected chi connectivity index (χ0v) is 17.7. The zero-order chi connectivity index (χ0) is 19.2. The molecule has 0 aliphatic carbocycles. The van der Waals surface area contributed by atoms with Gasteiger partial charge >= 0.3 is 5.97 Å². The second-order valence-corrected chi connectivity index (χ2v) is 7.13. The van der Waals surface area contributed by atoms with Crippen LogP contribution in [0, 0.1) is 0 Å². The minimum Gasteiger partial charge on any atom is -1.00 e. The number of hydrogen-bond donors (Lipinski definition) is 0. The lowest BCUT2D eigenvalue weighted by Gasteiger charge is -2.29. The number of ketones is 1. The summed E-state index contributed by atoms with van der Waals surface area (Å²) in [4.78, 5) is 23.9. The molecule has 0 amide bonds. The minimum absolute atomic E-state index is 0. The van der Waals surface area contributed by atoms with Crippen LogP contribution < -0.4 is 17.0 Å². The van der Waals surface area contributed by atoms with Gasteiger partial charge in [0.25, 0.3) is 0 Å². The standard InChI is InChI=1S/C22H26NO3.BrH/c1-17(2)22(25)26-15-14-23(3,4)16-18-10-12-20(13-11-18)21(24)19-8-6-5-7-9-19;/h5-13H,1,14-16H2,2-4H3;1H/q+1;/p-1. The molecule has 0 N–H and O–H groups in total. The van der Waals surface area contributed by atoms with E-state index in [1.807, 2.05) is 54.6 Å². The fourth-order valence-electron chi connectivity index (χ4n) is 2.60. The average molecular weight is 432 g/mol. The first kappa shape index (κ1) is 22.8. The van der Waals surface area contributed by atoms with Gasteiger partial charge in [0.2, 0.25) is 0 Å². The maximum Gasteiger partial charge on any atom is 0.333 e. The van der Waals surface area contributed by atoms with Gasteiger partial charge in [-0.3, -0.25) is 4.79 Å². The molecule has 0 aliphatic rings. The van der Waals surface area contributed by atoms with Crippen LogP contribution in [0.15, 0.2) is 66.7 Å². The van der Waals surface area contributed by atoms with Gasteiger partial charge in [-0.25, -0.2) is 4.79 Å². The number of ether oxygens (including phenoxy) is 1. The Morgan fingerprint density at radius 2 is 1.52 bits per heavy atom. The van der Waals surface area contributed by atoms with Crippen LogP contribution in [0.3, 0.4) is 0 Å². The largest absolute Gasteiger partial charge is 1.00 e. The number of carbonyl (C=O) groups is 2. The number of carbonyl (C=O) groups excluding carboxylic acids is 2. The van der Waals surface area contributed by atoms with Gasteiger partial charge in [-0.15, -0.1) is 0 Å². The van der Waals surface area contributed by atoms with Crippen molar-refractivity contribution >= 4 is 11.8 Å². The Bertz CT molecular complexity index is 783. The van der Waals surface area contributed by atoms with E-state index in [0.29, 0.717) is 34.3 Å². The quantitative estimate of drug-likeness (QED) is 0.266. The third-order valence-corrected chi connectivity index (χ3v) is 4.14. The minimum atomic E-state index is -0.353. The summed E-state index contributed by atoms with van der Waals surface area (Å²) < 4.78 is 5.85. The maximum atomic E-state index is 12.4. The van der Waals surface area contributed by atoms with E-state index in [4.69, 9.17) is 4.74 Å². The molecule has 144 valence electrons. The van der Waals surface area contributed by atoms with E-state index in [2.05, 4.69) is 20.7 Å². The summed E-state index contributed by atoms with van der Waals surface area (Å²) in [6.07, 6.45) is 0. The Hall–Kier alpha value is -2.24. The van der Waals surface area contributed by atoms with Crippen LogP contribution in [-0.4, -0.2) is 43.5 Å². The van der Waals surface area contributed by atoms with Gasteiger partial charge in [0, 0.05) is 22.3 Å². The smallest absolute Gasteiger partial charge is 0.333 e. The number of halogens is 1. The zero-order valence-electron chi connectivity index (χ0n) is 16.1. The molecule has 2 aromatic rings. The summed E-state index contributed by atoms with van der Waals surface area (Å²) in [6.45, 7) is 7.05. The Labute approximate surface area is 171 Å². The normalized spacial score (nSPS) is 10.6. The summed E-state index contributed by atoms with van der Waals surface area (Å²) >= 11 is 0. The van der Waals surface area contributed by atoms with Gasteiger partial charge in [-0.1, -0.05) is 61.2 Å². The number of nitrogens with zero attached hydrogens (tertiary/aromatic N) is 1.